The van der Waals surface area contributed by atoms with Crippen LogP contribution in [0.15, 0.2) is 24.3 Å². The third-order valence-corrected chi connectivity index (χ3v) is 3.86. The van der Waals surface area contributed by atoms with Crippen molar-refractivity contribution < 1.29 is 4.74 Å². The van der Waals surface area contributed by atoms with E-state index >= 15 is 0 Å². The summed E-state index contributed by atoms with van der Waals surface area (Å²) in [6.07, 6.45) is 4.78. The third-order valence-electron chi connectivity index (χ3n) is 3.62. The number of hydrogen-bond donors (Lipinski definition) is 1. The Morgan fingerprint density at radius 3 is 2.75 bits per heavy atom. The first-order valence-corrected chi connectivity index (χ1v) is 7.49. The van der Waals surface area contributed by atoms with E-state index in [0.717, 1.165) is 24.0 Å². The summed E-state index contributed by atoms with van der Waals surface area (Å²) >= 11 is 6.11. The number of rotatable bonds is 4. The van der Waals surface area contributed by atoms with Crippen molar-refractivity contribution in [3.8, 4) is 5.88 Å². The van der Waals surface area contributed by atoms with Gasteiger partial charge in [-0.1, -0.05) is 30.2 Å². The van der Waals surface area contributed by atoms with Crippen molar-refractivity contribution in [2.75, 3.05) is 13.2 Å². The SMILES string of the molecule is Clc1nc2ccccc2nc1OCCC1CCCCN1. The lowest BCUT2D eigenvalue weighted by molar-refractivity contribution is 0.261. The molecule has 1 aliphatic rings. The van der Waals surface area contributed by atoms with Gasteiger partial charge in [-0.05, 0) is 37.9 Å². The number of para-hydroxylation sites is 2. The molecule has 1 aliphatic heterocycles. The van der Waals surface area contributed by atoms with Gasteiger partial charge in [0.15, 0.2) is 5.15 Å². The van der Waals surface area contributed by atoms with Crippen molar-refractivity contribution in [3.63, 3.8) is 0 Å². The number of ether oxygens (including phenoxy) is 1. The molecule has 1 aromatic heterocycles. The highest BCUT2D eigenvalue weighted by Gasteiger charge is 2.13. The molecule has 0 radical (unpaired) electrons. The monoisotopic (exact) mass is 291 g/mol. The van der Waals surface area contributed by atoms with Crippen LogP contribution >= 0.6 is 11.6 Å². The second-order valence-electron chi connectivity index (χ2n) is 5.09. The number of nitrogens with one attached hydrogen (secondary N) is 1. The predicted octanol–water partition coefficient (Wildman–Crippen LogP) is 3.19. The largest absolute Gasteiger partial charge is 0.475 e. The molecular weight excluding hydrogens is 274 g/mol. The molecule has 0 saturated carbocycles. The van der Waals surface area contributed by atoms with Crippen LogP contribution < -0.4 is 10.1 Å². The quantitative estimate of drug-likeness (QED) is 0.940. The van der Waals surface area contributed by atoms with Crippen LogP contribution in [0, 0.1) is 0 Å². The van der Waals surface area contributed by atoms with Gasteiger partial charge in [-0.2, -0.15) is 0 Å². The van der Waals surface area contributed by atoms with Crippen LogP contribution in [0.25, 0.3) is 11.0 Å². The van der Waals surface area contributed by atoms with Crippen molar-refractivity contribution >= 4 is 22.6 Å². The predicted molar refractivity (Wildman–Crippen MR) is 80.3 cm³/mol. The van der Waals surface area contributed by atoms with Gasteiger partial charge >= 0.3 is 0 Å². The third kappa shape index (κ3) is 3.19. The minimum atomic E-state index is 0.334. The van der Waals surface area contributed by atoms with Gasteiger partial charge in [0.05, 0.1) is 17.6 Å². The highest BCUT2D eigenvalue weighted by atomic mass is 35.5. The first kappa shape index (κ1) is 13.6. The maximum absolute atomic E-state index is 6.11. The lowest BCUT2D eigenvalue weighted by Gasteiger charge is -2.23. The van der Waals surface area contributed by atoms with E-state index in [2.05, 4.69) is 15.3 Å². The highest BCUT2D eigenvalue weighted by molar-refractivity contribution is 6.31. The van der Waals surface area contributed by atoms with Crippen LogP contribution in [-0.4, -0.2) is 29.2 Å². The van der Waals surface area contributed by atoms with Crippen molar-refractivity contribution in [2.45, 2.75) is 31.7 Å². The number of aromatic nitrogens is 2. The lowest BCUT2D eigenvalue weighted by atomic mass is 10.0. The molecule has 1 unspecified atom stereocenters. The van der Waals surface area contributed by atoms with Crippen molar-refractivity contribution in [2.24, 2.45) is 0 Å². The number of nitrogens with zero attached hydrogens (tertiary/aromatic N) is 2. The Labute approximate surface area is 123 Å². The van der Waals surface area contributed by atoms with E-state index in [1.165, 1.54) is 19.3 Å². The molecule has 0 amide bonds. The van der Waals surface area contributed by atoms with Crippen LogP contribution in [0.2, 0.25) is 5.15 Å². The van der Waals surface area contributed by atoms with E-state index in [9.17, 15) is 0 Å². The molecule has 3 rings (SSSR count). The summed E-state index contributed by atoms with van der Waals surface area (Å²) in [5.74, 6) is 0.432. The second-order valence-corrected chi connectivity index (χ2v) is 5.45. The van der Waals surface area contributed by atoms with Crippen molar-refractivity contribution in [1.29, 1.82) is 0 Å². The normalized spacial score (nSPS) is 19.1. The molecule has 0 bridgehead atoms. The number of fused-ring (bicyclic) bond motifs is 1. The minimum Gasteiger partial charge on any atom is -0.475 e. The van der Waals surface area contributed by atoms with E-state index in [4.69, 9.17) is 16.3 Å². The molecule has 0 aliphatic carbocycles. The average Bonchev–Trinajstić information content (AvgIpc) is 2.49. The molecule has 1 N–H and O–H groups in total. The molecule has 1 atom stereocenters. The molecule has 2 aromatic rings. The fraction of sp³-hybridized carbons (Fsp3) is 0.467. The fourth-order valence-corrected chi connectivity index (χ4v) is 2.71. The van der Waals surface area contributed by atoms with Crippen LogP contribution in [0.4, 0.5) is 0 Å². The molecule has 5 heteroatoms. The van der Waals surface area contributed by atoms with Gasteiger partial charge in [-0.15, -0.1) is 0 Å². The van der Waals surface area contributed by atoms with Gasteiger partial charge in [-0.3, -0.25) is 0 Å². The van der Waals surface area contributed by atoms with E-state index < -0.39 is 0 Å². The molecule has 4 nitrogen and oxygen atoms in total. The molecule has 106 valence electrons. The fourth-order valence-electron chi connectivity index (χ4n) is 2.52. The van der Waals surface area contributed by atoms with Crippen LogP contribution in [0.3, 0.4) is 0 Å². The Morgan fingerprint density at radius 2 is 2.00 bits per heavy atom. The minimum absolute atomic E-state index is 0.334. The summed E-state index contributed by atoms with van der Waals surface area (Å²) < 4.78 is 5.70. The lowest BCUT2D eigenvalue weighted by Crippen LogP contribution is -2.35. The Bertz CT molecular complexity index is 584. The van der Waals surface area contributed by atoms with E-state index in [1.807, 2.05) is 24.3 Å². The molecule has 1 fully saturated rings. The second kappa shape index (κ2) is 6.37. The number of hydrogen-bond acceptors (Lipinski definition) is 4. The highest BCUT2D eigenvalue weighted by Crippen LogP contribution is 2.23. The maximum Gasteiger partial charge on any atom is 0.252 e. The maximum atomic E-state index is 6.11. The zero-order valence-corrected chi connectivity index (χ0v) is 12.1. The average molecular weight is 292 g/mol. The summed E-state index contributed by atoms with van der Waals surface area (Å²) in [7, 11) is 0. The molecular formula is C15H18ClN3O. The summed E-state index contributed by atoms with van der Waals surface area (Å²) in [4.78, 5) is 8.72. The molecule has 1 aromatic carbocycles. The Kier molecular flexibility index (Phi) is 4.33. The van der Waals surface area contributed by atoms with Gasteiger partial charge in [-0.25, -0.2) is 9.97 Å². The number of piperidine rings is 1. The Morgan fingerprint density at radius 1 is 1.20 bits per heavy atom. The first-order chi connectivity index (χ1) is 9.83. The van der Waals surface area contributed by atoms with Gasteiger partial charge in [0.2, 0.25) is 0 Å². The Balaban J connectivity index is 1.63. The van der Waals surface area contributed by atoms with E-state index in [0.29, 0.717) is 23.7 Å². The molecule has 0 spiro atoms. The van der Waals surface area contributed by atoms with E-state index in [-0.39, 0.29) is 0 Å². The Hall–Kier alpha value is -1.39. The van der Waals surface area contributed by atoms with Crippen molar-refractivity contribution in [1.82, 2.24) is 15.3 Å². The molecule has 1 saturated heterocycles. The molecule has 20 heavy (non-hydrogen) atoms. The van der Waals surface area contributed by atoms with Crippen LogP contribution in [0.1, 0.15) is 25.7 Å². The van der Waals surface area contributed by atoms with Gasteiger partial charge in [0.1, 0.15) is 0 Å². The van der Waals surface area contributed by atoms with Gasteiger partial charge < -0.3 is 10.1 Å². The summed E-state index contributed by atoms with van der Waals surface area (Å²) in [6.45, 7) is 1.73. The summed E-state index contributed by atoms with van der Waals surface area (Å²) in [5.41, 5.74) is 1.60. The number of benzene rings is 1. The van der Waals surface area contributed by atoms with Crippen LogP contribution in [0.5, 0.6) is 5.88 Å². The van der Waals surface area contributed by atoms with Crippen LogP contribution in [-0.2, 0) is 0 Å². The zero-order valence-electron chi connectivity index (χ0n) is 11.3. The topological polar surface area (TPSA) is 47.0 Å². The van der Waals surface area contributed by atoms with E-state index in [1.54, 1.807) is 0 Å². The van der Waals surface area contributed by atoms with Crippen molar-refractivity contribution in [3.05, 3.63) is 29.4 Å². The standard InChI is InChI=1S/C15H18ClN3O/c16-14-15(19-13-7-2-1-6-12(13)18-14)20-10-8-11-5-3-4-9-17-11/h1-2,6-7,11,17H,3-5,8-10H2. The molecule has 2 heterocycles. The smallest absolute Gasteiger partial charge is 0.252 e. The summed E-state index contributed by atoms with van der Waals surface area (Å²) in [5, 5.41) is 3.83. The van der Waals surface area contributed by atoms with Gasteiger partial charge in [0.25, 0.3) is 5.88 Å². The summed E-state index contributed by atoms with van der Waals surface area (Å²) in [6, 6.07) is 8.21. The first-order valence-electron chi connectivity index (χ1n) is 7.11. The number of halogens is 1. The van der Waals surface area contributed by atoms with Gasteiger partial charge in [0, 0.05) is 6.04 Å². The zero-order chi connectivity index (χ0) is 13.8.